The van der Waals surface area contributed by atoms with Crippen molar-refractivity contribution in [3.05, 3.63) is 48.0 Å². The molecule has 1 fully saturated rings. The summed E-state index contributed by atoms with van der Waals surface area (Å²) in [5, 5.41) is 31.1. The standard InChI is InChI=1S/C23H22N8O3/c1-12(2)28-18-6-21(31-22-15(9-27-31)4-14(7-24)8-26-22)25-10-16(18)20-5-19(29-34-20)17-11-30(13(17)3)23(32)33/h4-6,8-10,12-13,17H,11H2,1-3H3,(H,25,28)(H,32,33). The van der Waals surface area contributed by atoms with Crippen molar-refractivity contribution in [1.29, 1.82) is 5.26 Å². The van der Waals surface area contributed by atoms with Crippen molar-refractivity contribution < 1.29 is 14.4 Å². The normalized spacial score (nSPS) is 17.6. The molecule has 5 rings (SSSR count). The monoisotopic (exact) mass is 458 g/mol. The fourth-order valence-corrected chi connectivity index (χ4v) is 4.13. The van der Waals surface area contributed by atoms with Gasteiger partial charge < -0.3 is 19.8 Å². The fourth-order valence-electron chi connectivity index (χ4n) is 4.13. The summed E-state index contributed by atoms with van der Waals surface area (Å²) in [6, 6.07) is 7.50. The van der Waals surface area contributed by atoms with Crippen LogP contribution >= 0.6 is 0 Å². The lowest BCUT2D eigenvalue weighted by molar-refractivity contribution is 0.0623. The molecule has 1 aliphatic heterocycles. The van der Waals surface area contributed by atoms with Crippen LogP contribution < -0.4 is 5.32 Å². The van der Waals surface area contributed by atoms with Gasteiger partial charge in [0.1, 0.15) is 6.07 Å². The topological polar surface area (TPSA) is 146 Å². The van der Waals surface area contributed by atoms with Crippen LogP contribution in [0, 0.1) is 11.3 Å². The number of carboxylic acid groups (broad SMARTS) is 1. The molecule has 34 heavy (non-hydrogen) atoms. The number of likely N-dealkylation sites (tertiary alicyclic amines) is 1. The first-order valence-corrected chi connectivity index (χ1v) is 10.8. The first kappa shape index (κ1) is 21.4. The second-order valence-corrected chi connectivity index (χ2v) is 8.59. The molecule has 1 aliphatic rings. The lowest BCUT2D eigenvalue weighted by Gasteiger charge is -2.43. The summed E-state index contributed by atoms with van der Waals surface area (Å²) in [6.07, 6.45) is 3.91. The molecule has 1 saturated heterocycles. The smallest absolute Gasteiger partial charge is 0.407 e. The Morgan fingerprint density at radius 3 is 2.79 bits per heavy atom. The van der Waals surface area contributed by atoms with E-state index < -0.39 is 6.09 Å². The first-order valence-electron chi connectivity index (χ1n) is 10.8. The molecule has 0 aromatic carbocycles. The van der Waals surface area contributed by atoms with E-state index in [9.17, 15) is 9.90 Å². The Morgan fingerprint density at radius 2 is 2.09 bits per heavy atom. The van der Waals surface area contributed by atoms with Crippen molar-refractivity contribution >= 4 is 22.8 Å². The van der Waals surface area contributed by atoms with Crippen LogP contribution in [0.3, 0.4) is 0 Å². The third-order valence-corrected chi connectivity index (χ3v) is 5.97. The van der Waals surface area contributed by atoms with E-state index in [1.54, 1.807) is 23.1 Å². The second-order valence-electron chi connectivity index (χ2n) is 8.59. The molecule has 172 valence electrons. The third kappa shape index (κ3) is 3.59. The van der Waals surface area contributed by atoms with Gasteiger partial charge in [-0.25, -0.2) is 14.8 Å². The highest BCUT2D eigenvalue weighted by atomic mass is 16.5. The van der Waals surface area contributed by atoms with E-state index >= 15 is 0 Å². The van der Waals surface area contributed by atoms with Gasteiger partial charge in [-0.3, -0.25) is 0 Å². The summed E-state index contributed by atoms with van der Waals surface area (Å²) < 4.78 is 7.26. The number of rotatable bonds is 5. The van der Waals surface area contributed by atoms with Gasteiger partial charge in [0.25, 0.3) is 0 Å². The quantitative estimate of drug-likeness (QED) is 0.457. The number of nitrogens with zero attached hydrogens (tertiary/aromatic N) is 7. The van der Waals surface area contributed by atoms with Gasteiger partial charge in [-0.15, -0.1) is 0 Å². The third-order valence-electron chi connectivity index (χ3n) is 5.97. The van der Waals surface area contributed by atoms with E-state index in [-0.39, 0.29) is 18.0 Å². The highest BCUT2D eigenvalue weighted by Gasteiger charge is 2.41. The molecule has 0 saturated carbocycles. The molecule has 4 aromatic rings. The average Bonchev–Trinajstić information content (AvgIpc) is 3.44. The van der Waals surface area contributed by atoms with Crippen LogP contribution in [-0.4, -0.2) is 59.6 Å². The molecular weight excluding hydrogens is 436 g/mol. The highest BCUT2D eigenvalue weighted by Crippen LogP contribution is 2.37. The molecule has 11 heteroatoms. The summed E-state index contributed by atoms with van der Waals surface area (Å²) in [5.74, 6) is 1.09. The fraction of sp³-hybridized carbons (Fsp3) is 0.304. The van der Waals surface area contributed by atoms with Gasteiger partial charge in [-0.05, 0) is 26.8 Å². The Balaban J connectivity index is 1.50. The maximum atomic E-state index is 11.2. The van der Waals surface area contributed by atoms with E-state index in [0.717, 1.165) is 22.3 Å². The minimum absolute atomic E-state index is 0.0119. The number of pyridine rings is 2. The zero-order valence-corrected chi connectivity index (χ0v) is 18.8. The molecule has 1 amide bonds. The van der Waals surface area contributed by atoms with Crippen molar-refractivity contribution in [3.63, 3.8) is 0 Å². The number of fused-ring (bicyclic) bond motifs is 1. The van der Waals surface area contributed by atoms with E-state index in [0.29, 0.717) is 29.3 Å². The van der Waals surface area contributed by atoms with Gasteiger partial charge in [0, 0.05) is 54.5 Å². The first-order chi connectivity index (χ1) is 16.4. The Kier molecular flexibility index (Phi) is 5.13. The predicted octanol–water partition coefficient (Wildman–Crippen LogP) is 3.63. The van der Waals surface area contributed by atoms with Crippen LogP contribution in [0.25, 0.3) is 28.2 Å². The number of nitrogens with one attached hydrogen (secondary N) is 1. The number of nitriles is 1. The molecule has 11 nitrogen and oxygen atoms in total. The number of hydrogen-bond acceptors (Lipinski definition) is 8. The lowest BCUT2D eigenvalue weighted by Crippen LogP contribution is -2.55. The molecule has 2 unspecified atom stereocenters. The minimum Gasteiger partial charge on any atom is -0.465 e. The number of anilines is 1. The highest BCUT2D eigenvalue weighted by molar-refractivity contribution is 5.79. The molecule has 0 aliphatic carbocycles. The van der Waals surface area contributed by atoms with Gasteiger partial charge in [0.2, 0.25) is 0 Å². The van der Waals surface area contributed by atoms with E-state index in [2.05, 4.69) is 31.6 Å². The van der Waals surface area contributed by atoms with E-state index in [1.165, 1.54) is 11.1 Å². The molecule has 0 bridgehead atoms. The Hall–Kier alpha value is -4.46. The van der Waals surface area contributed by atoms with Crippen molar-refractivity contribution in [1.82, 2.24) is 29.8 Å². The summed E-state index contributed by atoms with van der Waals surface area (Å²) in [7, 11) is 0. The van der Waals surface area contributed by atoms with Crippen LogP contribution in [0.5, 0.6) is 0 Å². The molecule has 0 spiro atoms. The number of hydrogen-bond donors (Lipinski definition) is 2. The molecular formula is C23H22N8O3. The number of aromatic nitrogens is 5. The van der Waals surface area contributed by atoms with Crippen LogP contribution in [0.15, 0.2) is 41.3 Å². The predicted molar refractivity (Wildman–Crippen MR) is 123 cm³/mol. The minimum atomic E-state index is -0.930. The van der Waals surface area contributed by atoms with Crippen molar-refractivity contribution in [2.45, 2.75) is 38.8 Å². The average molecular weight is 458 g/mol. The van der Waals surface area contributed by atoms with Gasteiger partial charge >= 0.3 is 6.09 Å². The van der Waals surface area contributed by atoms with Crippen LogP contribution in [0.4, 0.5) is 10.5 Å². The molecule has 0 radical (unpaired) electrons. The van der Waals surface area contributed by atoms with Crippen LogP contribution in [0.2, 0.25) is 0 Å². The van der Waals surface area contributed by atoms with Crippen molar-refractivity contribution in [3.8, 4) is 23.2 Å². The largest absolute Gasteiger partial charge is 0.465 e. The molecule has 2 atom stereocenters. The summed E-state index contributed by atoms with van der Waals surface area (Å²) >= 11 is 0. The van der Waals surface area contributed by atoms with Crippen molar-refractivity contribution in [2.24, 2.45) is 0 Å². The summed E-state index contributed by atoms with van der Waals surface area (Å²) in [4.78, 5) is 21.5. The number of carbonyl (C=O) groups is 1. The van der Waals surface area contributed by atoms with Crippen LogP contribution in [-0.2, 0) is 0 Å². The molecule has 5 heterocycles. The SMILES string of the molecule is CC(C)Nc1cc(-n2ncc3cc(C#N)cnc32)ncc1-c1cc(C2CN(C(=O)O)C2C)no1. The molecule has 4 aromatic heterocycles. The van der Waals surface area contributed by atoms with Gasteiger partial charge in [-0.2, -0.15) is 15.0 Å². The zero-order chi connectivity index (χ0) is 24.0. The Morgan fingerprint density at radius 1 is 1.26 bits per heavy atom. The Labute approximate surface area is 194 Å². The van der Waals surface area contributed by atoms with E-state index in [1.807, 2.05) is 32.9 Å². The van der Waals surface area contributed by atoms with Crippen molar-refractivity contribution in [2.75, 3.05) is 11.9 Å². The van der Waals surface area contributed by atoms with Gasteiger partial charge in [0.15, 0.2) is 17.2 Å². The van der Waals surface area contributed by atoms with E-state index in [4.69, 9.17) is 9.78 Å². The van der Waals surface area contributed by atoms with Gasteiger partial charge in [-0.1, -0.05) is 5.16 Å². The maximum Gasteiger partial charge on any atom is 0.407 e. The second kappa shape index (κ2) is 8.15. The number of amides is 1. The zero-order valence-electron chi connectivity index (χ0n) is 18.8. The maximum absolute atomic E-state index is 11.2. The summed E-state index contributed by atoms with van der Waals surface area (Å²) in [6.45, 7) is 6.31. The van der Waals surface area contributed by atoms with Gasteiger partial charge in [0.05, 0.1) is 28.7 Å². The lowest BCUT2D eigenvalue weighted by atomic mass is 9.87. The molecule has 2 N–H and O–H groups in total. The summed E-state index contributed by atoms with van der Waals surface area (Å²) in [5.41, 5.74) is 3.29. The Bertz CT molecular complexity index is 1430. The van der Waals surface area contributed by atoms with Crippen LogP contribution in [0.1, 0.15) is 37.9 Å².